The van der Waals surface area contributed by atoms with Crippen LogP contribution in [-0.4, -0.2) is 34.7 Å². The molecule has 0 amide bonds. The number of hydrogen-bond acceptors (Lipinski definition) is 6. The molecule has 0 aromatic heterocycles. The fourth-order valence-corrected chi connectivity index (χ4v) is 2.20. The Morgan fingerprint density at radius 2 is 1.44 bits per heavy atom. The van der Waals surface area contributed by atoms with Crippen molar-refractivity contribution in [2.24, 2.45) is 11.3 Å². The lowest BCUT2D eigenvalue weighted by atomic mass is 9.62. The maximum atomic E-state index is 12.1. The molecule has 1 aliphatic carbocycles. The largest absolute Gasteiger partial charge is 0.299 e. The van der Waals surface area contributed by atoms with Gasteiger partial charge in [0.05, 0.1) is 5.92 Å². The molecule has 18 heavy (non-hydrogen) atoms. The molecule has 96 valence electrons. The van der Waals surface area contributed by atoms with Gasteiger partial charge in [-0.15, -0.1) is 0 Å². The Bertz CT molecular complexity index is 485. The summed E-state index contributed by atoms with van der Waals surface area (Å²) in [5.74, 6) is -7.45. The van der Waals surface area contributed by atoms with Crippen LogP contribution in [0.1, 0.15) is 27.2 Å². The molecule has 6 nitrogen and oxygen atoms in total. The smallest absolute Gasteiger partial charge is 0.226 e. The lowest BCUT2D eigenvalue weighted by Crippen LogP contribution is -2.60. The fourth-order valence-electron chi connectivity index (χ4n) is 2.20. The third-order valence-electron chi connectivity index (χ3n) is 3.22. The Morgan fingerprint density at radius 3 is 1.78 bits per heavy atom. The van der Waals surface area contributed by atoms with Crippen LogP contribution in [0.25, 0.3) is 0 Å². The van der Waals surface area contributed by atoms with E-state index in [0.29, 0.717) is 0 Å². The standard InChI is InChI=1S/C12H12O6/c1-5(13)8-4-9(16)11(18)12(6(2)14,7(3)15)10(8)17/h8H,4H2,1-3H3. The third kappa shape index (κ3) is 1.64. The van der Waals surface area contributed by atoms with Crippen LogP contribution in [0.15, 0.2) is 0 Å². The summed E-state index contributed by atoms with van der Waals surface area (Å²) in [6.07, 6.45) is -0.560. The lowest BCUT2D eigenvalue weighted by Gasteiger charge is -2.32. The highest BCUT2D eigenvalue weighted by Crippen LogP contribution is 2.34. The van der Waals surface area contributed by atoms with Gasteiger partial charge in [-0.1, -0.05) is 0 Å². The van der Waals surface area contributed by atoms with Crippen molar-refractivity contribution < 1.29 is 28.8 Å². The van der Waals surface area contributed by atoms with Gasteiger partial charge in [0.15, 0.2) is 17.3 Å². The molecule has 1 saturated carbocycles. The monoisotopic (exact) mass is 252 g/mol. The van der Waals surface area contributed by atoms with Crippen molar-refractivity contribution in [1.29, 1.82) is 0 Å². The van der Waals surface area contributed by atoms with Crippen LogP contribution in [0.2, 0.25) is 0 Å². The Hall–Kier alpha value is -1.98. The summed E-state index contributed by atoms with van der Waals surface area (Å²) in [6, 6.07) is 0. The highest BCUT2D eigenvalue weighted by molar-refractivity contribution is 6.58. The average molecular weight is 252 g/mol. The van der Waals surface area contributed by atoms with Crippen molar-refractivity contribution in [2.75, 3.05) is 0 Å². The highest BCUT2D eigenvalue weighted by atomic mass is 16.2. The zero-order chi connectivity index (χ0) is 14.2. The van der Waals surface area contributed by atoms with Gasteiger partial charge in [-0.3, -0.25) is 28.8 Å². The number of hydrogen-bond donors (Lipinski definition) is 0. The molecular weight excluding hydrogens is 240 g/mol. The van der Waals surface area contributed by atoms with E-state index in [9.17, 15) is 28.8 Å². The molecule has 0 aromatic rings. The molecule has 0 aliphatic heterocycles. The van der Waals surface area contributed by atoms with Gasteiger partial charge < -0.3 is 0 Å². The first-order valence-corrected chi connectivity index (χ1v) is 5.31. The van der Waals surface area contributed by atoms with Crippen LogP contribution >= 0.6 is 0 Å². The molecule has 1 fully saturated rings. The molecule has 0 aromatic carbocycles. The molecule has 1 aliphatic rings. The van der Waals surface area contributed by atoms with E-state index in [4.69, 9.17) is 0 Å². The van der Waals surface area contributed by atoms with E-state index in [-0.39, 0.29) is 0 Å². The fraction of sp³-hybridized carbons (Fsp3) is 0.500. The Labute approximate surface area is 103 Å². The second kappa shape index (κ2) is 4.36. The predicted molar refractivity (Wildman–Crippen MR) is 57.6 cm³/mol. The van der Waals surface area contributed by atoms with Gasteiger partial charge in [0.1, 0.15) is 5.78 Å². The van der Waals surface area contributed by atoms with Gasteiger partial charge in [-0.2, -0.15) is 0 Å². The summed E-state index contributed by atoms with van der Waals surface area (Å²) >= 11 is 0. The maximum absolute atomic E-state index is 12.1. The summed E-state index contributed by atoms with van der Waals surface area (Å²) in [4.78, 5) is 69.8. The first-order valence-electron chi connectivity index (χ1n) is 5.31. The maximum Gasteiger partial charge on any atom is 0.226 e. The van der Waals surface area contributed by atoms with E-state index < -0.39 is 52.5 Å². The number of carbonyl (C=O) groups is 6. The molecule has 1 unspecified atom stereocenters. The van der Waals surface area contributed by atoms with Gasteiger partial charge in [-0.25, -0.2) is 0 Å². The molecule has 0 spiro atoms. The topological polar surface area (TPSA) is 102 Å². The van der Waals surface area contributed by atoms with Gasteiger partial charge in [0, 0.05) is 6.42 Å². The lowest BCUT2D eigenvalue weighted by molar-refractivity contribution is -0.163. The molecule has 0 heterocycles. The van der Waals surface area contributed by atoms with Crippen molar-refractivity contribution in [3.8, 4) is 0 Å². The minimum Gasteiger partial charge on any atom is -0.299 e. The highest BCUT2D eigenvalue weighted by Gasteiger charge is 2.62. The van der Waals surface area contributed by atoms with Crippen molar-refractivity contribution in [3.63, 3.8) is 0 Å². The number of rotatable bonds is 3. The van der Waals surface area contributed by atoms with E-state index in [2.05, 4.69) is 0 Å². The second-order valence-electron chi connectivity index (χ2n) is 4.35. The Balaban J connectivity index is 3.54. The Kier molecular flexibility index (Phi) is 3.41. The van der Waals surface area contributed by atoms with Crippen molar-refractivity contribution in [3.05, 3.63) is 0 Å². The van der Waals surface area contributed by atoms with Crippen molar-refractivity contribution >= 4 is 34.7 Å². The van der Waals surface area contributed by atoms with Gasteiger partial charge in [0.2, 0.25) is 17.0 Å². The van der Waals surface area contributed by atoms with Gasteiger partial charge in [0.25, 0.3) is 0 Å². The van der Waals surface area contributed by atoms with E-state index in [1.165, 1.54) is 0 Å². The summed E-state index contributed by atoms with van der Waals surface area (Å²) in [5, 5.41) is 0. The number of carbonyl (C=O) groups excluding carboxylic acids is 6. The van der Waals surface area contributed by atoms with E-state index in [1.54, 1.807) is 0 Å². The quantitative estimate of drug-likeness (QED) is 0.494. The third-order valence-corrected chi connectivity index (χ3v) is 3.22. The summed E-state index contributed by atoms with van der Waals surface area (Å²) in [5.41, 5.74) is -2.61. The van der Waals surface area contributed by atoms with Crippen molar-refractivity contribution in [1.82, 2.24) is 0 Å². The molecule has 1 rings (SSSR count). The molecular formula is C12H12O6. The first-order chi connectivity index (χ1) is 8.17. The van der Waals surface area contributed by atoms with Crippen LogP contribution in [0.5, 0.6) is 0 Å². The molecule has 1 atom stereocenters. The molecule has 0 saturated heterocycles. The van der Waals surface area contributed by atoms with E-state index in [1.807, 2.05) is 0 Å². The van der Waals surface area contributed by atoms with Crippen molar-refractivity contribution in [2.45, 2.75) is 27.2 Å². The summed E-state index contributed by atoms with van der Waals surface area (Å²) in [6.45, 7) is 2.87. The van der Waals surface area contributed by atoms with Crippen LogP contribution in [-0.2, 0) is 28.8 Å². The SMILES string of the molecule is CC(=O)C1CC(=O)C(=O)C(C(C)=O)(C(C)=O)C1=O. The van der Waals surface area contributed by atoms with Crippen LogP contribution in [0.3, 0.4) is 0 Å². The average Bonchev–Trinajstić information content (AvgIpc) is 2.22. The summed E-state index contributed by atoms with van der Waals surface area (Å²) < 4.78 is 0. The Morgan fingerprint density at radius 1 is 1.00 bits per heavy atom. The minimum absolute atomic E-state index is 0.560. The summed E-state index contributed by atoms with van der Waals surface area (Å²) in [7, 11) is 0. The minimum atomic E-state index is -2.61. The van der Waals surface area contributed by atoms with Crippen LogP contribution < -0.4 is 0 Å². The zero-order valence-electron chi connectivity index (χ0n) is 10.2. The van der Waals surface area contributed by atoms with Gasteiger partial charge in [-0.05, 0) is 20.8 Å². The van der Waals surface area contributed by atoms with E-state index >= 15 is 0 Å². The molecule has 0 N–H and O–H groups in total. The molecule has 0 bridgehead atoms. The number of Topliss-reactive ketones (excluding diaryl/α,β-unsaturated/α-hetero) is 6. The second-order valence-corrected chi connectivity index (χ2v) is 4.35. The zero-order valence-corrected chi connectivity index (χ0v) is 10.2. The molecule has 0 radical (unpaired) electrons. The predicted octanol–water partition coefficient (Wildman–Crippen LogP) is -0.533. The number of ketones is 6. The normalized spacial score (nSPS) is 22.8. The van der Waals surface area contributed by atoms with Crippen LogP contribution in [0.4, 0.5) is 0 Å². The molecule has 6 heteroatoms. The first kappa shape index (κ1) is 14.1. The van der Waals surface area contributed by atoms with E-state index in [0.717, 1.165) is 20.8 Å². The van der Waals surface area contributed by atoms with Crippen LogP contribution in [0, 0.1) is 11.3 Å². The van der Waals surface area contributed by atoms with Gasteiger partial charge >= 0.3 is 0 Å².